The topological polar surface area (TPSA) is 64.3 Å². The van der Waals surface area contributed by atoms with Gasteiger partial charge in [0, 0.05) is 20.1 Å². The Hall–Kier alpha value is -1.89. The van der Waals surface area contributed by atoms with Gasteiger partial charge in [-0.05, 0) is 24.3 Å². The van der Waals surface area contributed by atoms with Gasteiger partial charge in [-0.3, -0.25) is 18.7 Å². The van der Waals surface area contributed by atoms with Crippen LogP contribution < -0.4 is 11.2 Å². The summed E-state index contributed by atoms with van der Waals surface area (Å²) in [7, 11) is 1.45. The van der Waals surface area contributed by atoms with Crippen molar-refractivity contribution in [3.8, 4) is 0 Å². The summed E-state index contributed by atoms with van der Waals surface area (Å²) in [5.41, 5.74) is -0.214. The highest BCUT2D eigenvalue weighted by Gasteiger charge is 2.17. The molecule has 0 aliphatic rings. The first-order valence-corrected chi connectivity index (χ1v) is 8.34. The summed E-state index contributed by atoms with van der Waals surface area (Å²) in [5.74, 6) is -0.0862. The average molecular weight is 323 g/mol. The molecule has 0 saturated carbocycles. The first-order chi connectivity index (χ1) is 10.5. The number of hydrogen-bond donors (Lipinski definition) is 0. The maximum Gasteiger partial charge on any atom is 0.331 e. The van der Waals surface area contributed by atoms with E-state index in [1.54, 1.807) is 16.3 Å². The smallest absolute Gasteiger partial charge is 0.331 e. The van der Waals surface area contributed by atoms with Crippen molar-refractivity contribution < 1.29 is 4.79 Å². The lowest BCUT2D eigenvalue weighted by Crippen LogP contribution is -2.42. The first kappa shape index (κ1) is 16.5. The second-order valence-electron chi connectivity index (χ2n) is 5.25. The number of hydrogen-bond acceptors (Lipinski definition) is 4. The van der Waals surface area contributed by atoms with E-state index in [1.807, 2.05) is 13.8 Å². The van der Waals surface area contributed by atoms with Crippen LogP contribution in [0.4, 0.5) is 0 Å². The molecule has 1 amide bonds. The van der Waals surface area contributed by atoms with Crippen molar-refractivity contribution in [3.05, 3.63) is 32.3 Å². The van der Waals surface area contributed by atoms with Crippen molar-refractivity contribution >= 4 is 27.5 Å². The van der Waals surface area contributed by atoms with Crippen LogP contribution in [0.15, 0.2) is 21.0 Å². The summed E-state index contributed by atoms with van der Waals surface area (Å²) < 4.78 is 2.97. The van der Waals surface area contributed by atoms with E-state index in [0.717, 1.165) is 17.4 Å². The lowest BCUT2D eigenvalue weighted by molar-refractivity contribution is -0.131. The zero-order valence-corrected chi connectivity index (χ0v) is 14.0. The zero-order chi connectivity index (χ0) is 16.3. The minimum atomic E-state index is -0.447. The van der Waals surface area contributed by atoms with Gasteiger partial charge in [-0.2, -0.15) is 0 Å². The lowest BCUT2D eigenvalue weighted by atomic mass is 10.3. The molecule has 6 nitrogen and oxygen atoms in total. The molecule has 0 saturated heterocycles. The molecule has 2 aromatic rings. The third kappa shape index (κ3) is 2.99. The molecule has 0 fully saturated rings. The Labute approximate surface area is 132 Å². The van der Waals surface area contributed by atoms with Gasteiger partial charge in [0.15, 0.2) is 0 Å². The maximum atomic E-state index is 12.5. The fraction of sp³-hybridized carbons (Fsp3) is 0.533. The van der Waals surface area contributed by atoms with Gasteiger partial charge in [-0.25, -0.2) is 4.79 Å². The highest BCUT2D eigenvalue weighted by Crippen LogP contribution is 2.15. The number of nitrogens with zero attached hydrogens (tertiary/aromatic N) is 3. The van der Waals surface area contributed by atoms with Crippen LogP contribution in [-0.4, -0.2) is 33.0 Å². The third-order valence-corrected chi connectivity index (χ3v) is 4.48. The molecule has 2 heterocycles. The van der Waals surface area contributed by atoms with Crippen molar-refractivity contribution in [2.75, 3.05) is 13.1 Å². The molecule has 0 aromatic carbocycles. The van der Waals surface area contributed by atoms with Crippen molar-refractivity contribution in [1.29, 1.82) is 0 Å². The molecule has 0 N–H and O–H groups in total. The van der Waals surface area contributed by atoms with Crippen LogP contribution in [0.25, 0.3) is 10.2 Å². The Morgan fingerprint density at radius 1 is 1.23 bits per heavy atom. The molecule has 0 aliphatic carbocycles. The van der Waals surface area contributed by atoms with Crippen LogP contribution in [0, 0.1) is 0 Å². The number of fused-ring (bicyclic) bond motifs is 1. The fourth-order valence-corrected chi connectivity index (χ4v) is 3.36. The van der Waals surface area contributed by atoms with Crippen LogP contribution in [0.5, 0.6) is 0 Å². The predicted octanol–water partition coefficient (Wildman–Crippen LogP) is 1.41. The minimum Gasteiger partial charge on any atom is -0.341 e. The SMILES string of the molecule is CCCN(CCC)C(=O)Cn1c(=O)n(C)c(=O)c2sccc21. The van der Waals surface area contributed by atoms with Gasteiger partial charge < -0.3 is 4.90 Å². The summed E-state index contributed by atoms with van der Waals surface area (Å²) in [5, 5.41) is 1.77. The van der Waals surface area contributed by atoms with Gasteiger partial charge in [0.1, 0.15) is 11.2 Å². The van der Waals surface area contributed by atoms with Gasteiger partial charge in [0.25, 0.3) is 5.56 Å². The second kappa shape index (κ2) is 6.91. The molecular weight excluding hydrogens is 302 g/mol. The minimum absolute atomic E-state index is 0.0276. The van der Waals surface area contributed by atoms with Crippen LogP contribution in [0.1, 0.15) is 26.7 Å². The summed E-state index contributed by atoms with van der Waals surface area (Å²) in [6.45, 7) is 5.37. The Bertz CT molecular complexity index is 781. The van der Waals surface area contributed by atoms with Gasteiger partial charge in [-0.1, -0.05) is 13.8 Å². The van der Waals surface area contributed by atoms with E-state index in [0.29, 0.717) is 23.3 Å². The summed E-state index contributed by atoms with van der Waals surface area (Å²) in [4.78, 5) is 38.6. The number of carbonyl (C=O) groups excluding carboxylic acids is 1. The monoisotopic (exact) mass is 323 g/mol. The van der Waals surface area contributed by atoms with E-state index < -0.39 is 5.69 Å². The summed E-state index contributed by atoms with van der Waals surface area (Å²) in [6, 6.07) is 1.72. The Morgan fingerprint density at radius 2 is 1.86 bits per heavy atom. The zero-order valence-electron chi connectivity index (χ0n) is 13.2. The number of thiophene rings is 1. The average Bonchev–Trinajstić information content (AvgIpc) is 2.98. The van der Waals surface area contributed by atoms with E-state index in [9.17, 15) is 14.4 Å². The fourth-order valence-electron chi connectivity index (χ4n) is 2.49. The molecule has 0 aliphatic heterocycles. The standard InChI is InChI=1S/C15H21N3O3S/c1-4-7-17(8-5-2)12(19)10-18-11-6-9-22-13(11)14(20)16(3)15(18)21/h6,9H,4-5,7-8,10H2,1-3H3. The number of amides is 1. The van der Waals surface area contributed by atoms with Crippen LogP contribution in [0.3, 0.4) is 0 Å². The highest BCUT2D eigenvalue weighted by molar-refractivity contribution is 7.17. The Morgan fingerprint density at radius 3 is 2.45 bits per heavy atom. The van der Waals surface area contributed by atoms with Crippen LogP contribution >= 0.6 is 11.3 Å². The van der Waals surface area contributed by atoms with Gasteiger partial charge in [0.05, 0.1) is 5.52 Å². The normalized spacial score (nSPS) is 11.0. The molecule has 2 aromatic heterocycles. The Balaban J connectivity index is 2.43. The van der Waals surface area contributed by atoms with Crippen molar-refractivity contribution in [2.24, 2.45) is 7.05 Å². The first-order valence-electron chi connectivity index (χ1n) is 7.46. The molecule has 0 radical (unpaired) electrons. The van der Waals surface area contributed by atoms with Gasteiger partial charge in [-0.15, -0.1) is 11.3 Å². The van der Waals surface area contributed by atoms with E-state index in [-0.39, 0.29) is 18.0 Å². The van der Waals surface area contributed by atoms with Crippen molar-refractivity contribution in [1.82, 2.24) is 14.0 Å². The maximum absolute atomic E-state index is 12.5. The molecule has 0 spiro atoms. The van der Waals surface area contributed by atoms with Crippen LogP contribution in [-0.2, 0) is 18.4 Å². The molecule has 0 bridgehead atoms. The van der Waals surface area contributed by atoms with Crippen LogP contribution in [0.2, 0.25) is 0 Å². The van der Waals surface area contributed by atoms with E-state index in [1.165, 1.54) is 23.0 Å². The van der Waals surface area contributed by atoms with Gasteiger partial charge >= 0.3 is 5.69 Å². The van der Waals surface area contributed by atoms with E-state index in [2.05, 4.69) is 0 Å². The van der Waals surface area contributed by atoms with E-state index in [4.69, 9.17) is 0 Å². The molecule has 2 rings (SSSR count). The number of aromatic nitrogens is 2. The predicted molar refractivity (Wildman–Crippen MR) is 88.5 cm³/mol. The molecule has 22 heavy (non-hydrogen) atoms. The highest BCUT2D eigenvalue weighted by atomic mass is 32.1. The molecule has 0 atom stereocenters. The number of rotatable bonds is 6. The largest absolute Gasteiger partial charge is 0.341 e. The summed E-state index contributed by atoms with van der Waals surface area (Å²) >= 11 is 1.29. The lowest BCUT2D eigenvalue weighted by Gasteiger charge is -2.22. The van der Waals surface area contributed by atoms with Gasteiger partial charge in [0.2, 0.25) is 5.91 Å². The summed E-state index contributed by atoms with van der Waals surface area (Å²) in [6.07, 6.45) is 1.75. The van der Waals surface area contributed by atoms with E-state index >= 15 is 0 Å². The quantitative estimate of drug-likeness (QED) is 0.807. The second-order valence-corrected chi connectivity index (χ2v) is 6.16. The third-order valence-electron chi connectivity index (χ3n) is 3.59. The molecular formula is C15H21N3O3S. The van der Waals surface area contributed by atoms with Crippen molar-refractivity contribution in [2.45, 2.75) is 33.2 Å². The Kier molecular flexibility index (Phi) is 5.18. The molecule has 7 heteroatoms. The number of carbonyl (C=O) groups is 1. The molecule has 0 unspecified atom stereocenters. The van der Waals surface area contributed by atoms with Crippen molar-refractivity contribution in [3.63, 3.8) is 0 Å². The molecule has 120 valence electrons.